The normalized spacial score (nSPS) is 8.29. The summed E-state index contributed by atoms with van der Waals surface area (Å²) in [4.78, 5) is 0. The minimum Gasteiger partial charge on any atom is -0.759 e. The topological polar surface area (TPSA) is 80.3 Å². The molecule has 0 atom stereocenters. The Morgan fingerprint density at radius 1 is 1.14 bits per heavy atom. The van der Waals surface area contributed by atoms with Gasteiger partial charge in [0.25, 0.3) is 0 Å². The molecule has 0 aliphatic heterocycles. The number of hydrogen-bond donors (Lipinski definition) is 0. The van der Waals surface area contributed by atoms with Crippen LogP contribution in [0.5, 0.6) is 0 Å². The molecule has 0 saturated heterocycles. The van der Waals surface area contributed by atoms with E-state index in [1.165, 1.54) is 0 Å². The van der Waals surface area contributed by atoms with Crippen molar-refractivity contribution in [3.63, 3.8) is 0 Å². The Morgan fingerprint density at radius 3 is 1.14 bits per heavy atom. The van der Waals surface area contributed by atoms with Crippen LogP contribution in [0.1, 0.15) is 0 Å². The van der Waals surface area contributed by atoms with Gasteiger partial charge in [0, 0.05) is 10.4 Å². The summed E-state index contributed by atoms with van der Waals surface area (Å²) in [5.74, 6) is 0. The molecule has 40 valence electrons. The van der Waals surface area contributed by atoms with Crippen LogP contribution < -0.4 is 68.9 Å². The molecule has 7 heavy (non-hydrogen) atoms. The van der Waals surface area contributed by atoms with Crippen molar-refractivity contribution in [1.82, 2.24) is 0 Å². The minimum absolute atomic E-state index is 0. The first-order valence-corrected chi connectivity index (χ1v) is 2.00. The van der Waals surface area contributed by atoms with Crippen LogP contribution in [-0.4, -0.2) is 17.5 Å². The second kappa shape index (κ2) is 6.73. The van der Waals surface area contributed by atoms with Crippen molar-refractivity contribution in [2.75, 3.05) is 0 Å². The van der Waals surface area contributed by atoms with E-state index in [-0.39, 0.29) is 90.0 Å². The van der Waals surface area contributed by atoms with Crippen LogP contribution in [0.15, 0.2) is 0 Å². The van der Waals surface area contributed by atoms with Crippen LogP contribution in [0.2, 0.25) is 0 Å². The molecular formula is CsO4PtS+. The van der Waals surface area contributed by atoms with Crippen molar-refractivity contribution in [2.24, 2.45) is 0 Å². The first-order chi connectivity index (χ1) is 2.00. The molecule has 0 amide bonds. The third-order valence-corrected chi connectivity index (χ3v) is 0. The smallest absolute Gasteiger partial charge is 0.759 e. The summed E-state index contributed by atoms with van der Waals surface area (Å²) in [6.45, 7) is 0. The second-order valence-electron chi connectivity index (χ2n) is 0.408. The van der Waals surface area contributed by atoms with Crippen molar-refractivity contribution < 1.29 is 107 Å². The van der Waals surface area contributed by atoms with E-state index in [1.54, 1.807) is 0 Å². The fraction of sp³-hybridized carbons (Fsp3) is 0. The van der Waals surface area contributed by atoms with Gasteiger partial charge in [-0.1, -0.05) is 0 Å². The Morgan fingerprint density at radius 2 is 1.14 bits per heavy atom. The zero-order valence-corrected chi connectivity index (χ0v) is 12.7. The zero-order valence-electron chi connectivity index (χ0n) is 3.36. The van der Waals surface area contributed by atoms with Gasteiger partial charge in [0.15, 0.2) is 0 Å². The SMILES string of the molecule is O=S(=O)([O-])[O-].[Cs+].[Pt+2]. The molecule has 4 nitrogen and oxygen atoms in total. The fourth-order valence-electron chi connectivity index (χ4n) is 0. The molecule has 7 heteroatoms. The molecular weight excluding hydrogens is 424 g/mol. The molecule has 0 bridgehead atoms. The molecule has 0 aliphatic carbocycles. The Bertz CT molecular complexity index is 94.9. The monoisotopic (exact) mass is 424 g/mol. The summed E-state index contributed by atoms with van der Waals surface area (Å²) >= 11 is 0. The van der Waals surface area contributed by atoms with Crippen LogP contribution in [0.25, 0.3) is 0 Å². The average Bonchev–Trinajstić information content (AvgIpc) is 0.722. The molecule has 0 radical (unpaired) electrons. The van der Waals surface area contributed by atoms with E-state index in [0.717, 1.165) is 0 Å². The predicted octanol–water partition coefficient (Wildman–Crippen LogP) is -4.34. The van der Waals surface area contributed by atoms with Gasteiger partial charge < -0.3 is 9.11 Å². The van der Waals surface area contributed by atoms with Crippen LogP contribution >= 0.6 is 0 Å². The van der Waals surface area contributed by atoms with E-state index in [9.17, 15) is 0 Å². The maximum absolute atomic E-state index is 8.52. The molecule has 0 heterocycles. The third-order valence-electron chi connectivity index (χ3n) is 0. The minimum atomic E-state index is -5.17. The number of hydrogen-bond acceptors (Lipinski definition) is 4. The molecule has 0 rings (SSSR count). The van der Waals surface area contributed by atoms with Crippen molar-refractivity contribution in [3.05, 3.63) is 0 Å². The van der Waals surface area contributed by atoms with Crippen LogP contribution in [0.4, 0.5) is 0 Å². The van der Waals surface area contributed by atoms with Crippen LogP contribution in [-0.2, 0) is 31.5 Å². The van der Waals surface area contributed by atoms with Gasteiger partial charge in [0.1, 0.15) is 0 Å². The molecule has 0 unspecified atom stereocenters. The Balaban J connectivity index is -0.0000000800. The van der Waals surface area contributed by atoms with Crippen LogP contribution in [0.3, 0.4) is 0 Å². The quantitative estimate of drug-likeness (QED) is 0.291. The Kier molecular flexibility index (Phi) is 15.7. The Labute approximate surface area is 115 Å². The largest absolute Gasteiger partial charge is 2.00 e. The zero-order chi connectivity index (χ0) is 4.50. The molecule has 0 N–H and O–H groups in total. The third kappa shape index (κ3) is 55.2. The van der Waals surface area contributed by atoms with Crippen molar-refractivity contribution in [2.45, 2.75) is 0 Å². The van der Waals surface area contributed by atoms with Gasteiger partial charge in [-0.3, -0.25) is 8.42 Å². The van der Waals surface area contributed by atoms with E-state index in [1.807, 2.05) is 0 Å². The predicted molar refractivity (Wildman–Crippen MR) is 10.5 cm³/mol. The van der Waals surface area contributed by atoms with E-state index in [0.29, 0.717) is 0 Å². The molecule has 0 aromatic carbocycles. The van der Waals surface area contributed by atoms with Gasteiger partial charge in [-0.25, -0.2) is 0 Å². The maximum atomic E-state index is 8.52. The van der Waals surface area contributed by atoms with Crippen molar-refractivity contribution in [1.29, 1.82) is 0 Å². The molecule has 0 aromatic rings. The summed E-state index contributed by atoms with van der Waals surface area (Å²) < 4.78 is 34.1. The maximum Gasteiger partial charge on any atom is 2.00 e. The van der Waals surface area contributed by atoms with E-state index >= 15 is 0 Å². The standard InChI is InChI=1S/Cs.H2O4S.Pt/c;1-5(2,3)4;/h;(H2,1,2,3,4);/q+1;;+2/p-2. The van der Waals surface area contributed by atoms with Gasteiger partial charge in [-0.05, 0) is 0 Å². The van der Waals surface area contributed by atoms with Crippen molar-refractivity contribution >= 4 is 10.4 Å². The first kappa shape index (κ1) is 16.3. The van der Waals surface area contributed by atoms with Gasteiger partial charge in [0.05, 0.1) is 0 Å². The summed E-state index contributed by atoms with van der Waals surface area (Å²) in [7, 11) is -5.17. The van der Waals surface area contributed by atoms with E-state index in [2.05, 4.69) is 0 Å². The summed E-state index contributed by atoms with van der Waals surface area (Å²) in [5, 5.41) is 0. The van der Waals surface area contributed by atoms with Gasteiger partial charge in [-0.15, -0.1) is 0 Å². The summed E-state index contributed by atoms with van der Waals surface area (Å²) in [5.41, 5.74) is 0. The molecule has 0 aliphatic rings. The Hall–Kier alpha value is 2.61. The average molecular weight is 424 g/mol. The summed E-state index contributed by atoms with van der Waals surface area (Å²) in [6.07, 6.45) is 0. The molecule has 0 saturated carbocycles. The van der Waals surface area contributed by atoms with Gasteiger partial charge >= 0.3 is 90.0 Å². The molecule has 0 aromatic heterocycles. The number of rotatable bonds is 0. The second-order valence-corrected chi connectivity index (χ2v) is 1.22. The fourth-order valence-corrected chi connectivity index (χ4v) is 0. The van der Waals surface area contributed by atoms with Gasteiger partial charge in [-0.2, -0.15) is 0 Å². The summed E-state index contributed by atoms with van der Waals surface area (Å²) in [6, 6.07) is 0. The van der Waals surface area contributed by atoms with E-state index < -0.39 is 10.4 Å². The molecule has 0 spiro atoms. The molecule has 0 fully saturated rings. The van der Waals surface area contributed by atoms with Crippen molar-refractivity contribution in [3.8, 4) is 0 Å². The first-order valence-electron chi connectivity index (χ1n) is 0.667. The van der Waals surface area contributed by atoms with Gasteiger partial charge in [0.2, 0.25) is 0 Å². The van der Waals surface area contributed by atoms with E-state index in [4.69, 9.17) is 17.5 Å². The van der Waals surface area contributed by atoms with Crippen LogP contribution in [0, 0.1) is 0 Å².